The average Bonchev–Trinajstić information content (AvgIpc) is 2.38. The van der Waals surface area contributed by atoms with Crippen molar-refractivity contribution in [3.8, 4) is 11.3 Å². The highest BCUT2D eigenvalue weighted by atomic mass is 35.5. The normalized spacial score (nSPS) is 11.0. The van der Waals surface area contributed by atoms with Gasteiger partial charge in [0.2, 0.25) is 5.95 Å². The topological polar surface area (TPSA) is 130 Å². The van der Waals surface area contributed by atoms with Crippen LogP contribution >= 0.6 is 23.2 Å². The maximum atomic E-state index is 6.16. The first-order valence-electron chi connectivity index (χ1n) is 5.77. The van der Waals surface area contributed by atoms with E-state index < -0.39 is 0 Å². The zero-order chi connectivity index (χ0) is 15.1. The van der Waals surface area contributed by atoms with E-state index in [-0.39, 0.29) is 23.2 Å². The SMILES string of the molecule is Nc1nc(N)c2nc(-c3ccc(Cl)cc3Cl)c(N)nc2n1. The summed E-state index contributed by atoms with van der Waals surface area (Å²) in [6.07, 6.45) is 0. The third kappa shape index (κ3) is 2.37. The van der Waals surface area contributed by atoms with Gasteiger partial charge in [0.05, 0.1) is 5.02 Å². The van der Waals surface area contributed by atoms with Crippen LogP contribution in [0.25, 0.3) is 22.4 Å². The number of rotatable bonds is 1. The first kappa shape index (κ1) is 13.6. The van der Waals surface area contributed by atoms with Crippen LogP contribution in [0.2, 0.25) is 10.0 Å². The highest BCUT2D eigenvalue weighted by Gasteiger charge is 2.15. The minimum atomic E-state index is 0.00553. The molecule has 6 N–H and O–H groups in total. The standard InChI is InChI=1S/C12H9Cl2N7/c13-4-1-2-5(6(14)3-4)7-9(15)19-11-8(18-7)10(16)20-12(17)21-11/h1-3H,(H6,15,16,17,19,20,21). The third-order valence-corrected chi connectivity index (χ3v) is 3.34. The molecule has 1 aromatic carbocycles. The molecule has 0 radical (unpaired) electrons. The number of nitrogens with two attached hydrogens (primary N) is 3. The second-order valence-corrected chi connectivity index (χ2v) is 5.06. The maximum absolute atomic E-state index is 6.16. The lowest BCUT2D eigenvalue weighted by Gasteiger charge is -2.09. The summed E-state index contributed by atoms with van der Waals surface area (Å²) in [5.74, 6) is 0.284. The number of aromatic nitrogens is 4. The molecule has 0 aliphatic heterocycles. The molecule has 0 bridgehead atoms. The Hall–Kier alpha value is -2.38. The van der Waals surface area contributed by atoms with Crippen LogP contribution in [0.3, 0.4) is 0 Å². The van der Waals surface area contributed by atoms with Crippen molar-refractivity contribution in [3.05, 3.63) is 28.2 Å². The van der Waals surface area contributed by atoms with Crippen molar-refractivity contribution in [1.29, 1.82) is 0 Å². The predicted octanol–water partition coefficient (Wildman–Crippen LogP) is 2.14. The fourth-order valence-corrected chi connectivity index (χ4v) is 2.38. The van der Waals surface area contributed by atoms with Crippen LogP contribution in [0.5, 0.6) is 0 Å². The van der Waals surface area contributed by atoms with Gasteiger partial charge in [0.1, 0.15) is 5.69 Å². The molecule has 7 nitrogen and oxygen atoms in total. The Kier molecular flexibility index (Phi) is 3.15. The summed E-state index contributed by atoms with van der Waals surface area (Å²) in [7, 11) is 0. The second-order valence-electron chi connectivity index (χ2n) is 4.22. The van der Waals surface area contributed by atoms with Gasteiger partial charge < -0.3 is 17.2 Å². The van der Waals surface area contributed by atoms with Gasteiger partial charge in [-0.2, -0.15) is 9.97 Å². The summed E-state index contributed by atoms with van der Waals surface area (Å²) in [4.78, 5) is 16.3. The molecule has 3 aromatic rings. The fraction of sp³-hybridized carbons (Fsp3) is 0. The molecule has 2 heterocycles. The number of fused-ring (bicyclic) bond motifs is 1. The molecule has 106 valence electrons. The Morgan fingerprint density at radius 2 is 1.62 bits per heavy atom. The molecule has 2 aromatic heterocycles. The summed E-state index contributed by atoms with van der Waals surface area (Å²) in [5, 5.41) is 0.907. The van der Waals surface area contributed by atoms with E-state index in [0.29, 0.717) is 26.8 Å². The Labute approximate surface area is 129 Å². The van der Waals surface area contributed by atoms with Gasteiger partial charge in [0.15, 0.2) is 22.8 Å². The molecular weight excluding hydrogens is 313 g/mol. The van der Waals surface area contributed by atoms with Crippen LogP contribution in [-0.4, -0.2) is 19.9 Å². The first-order valence-corrected chi connectivity index (χ1v) is 6.53. The number of anilines is 3. The van der Waals surface area contributed by atoms with Gasteiger partial charge in [-0.3, -0.25) is 0 Å². The third-order valence-electron chi connectivity index (χ3n) is 2.79. The lowest BCUT2D eigenvalue weighted by atomic mass is 10.1. The summed E-state index contributed by atoms with van der Waals surface area (Å²) in [5.41, 5.74) is 18.7. The van der Waals surface area contributed by atoms with Gasteiger partial charge in [0.25, 0.3) is 0 Å². The Balaban J connectivity index is 2.30. The van der Waals surface area contributed by atoms with E-state index in [1.807, 2.05) is 0 Å². The van der Waals surface area contributed by atoms with Crippen molar-refractivity contribution < 1.29 is 0 Å². The van der Waals surface area contributed by atoms with Gasteiger partial charge >= 0.3 is 0 Å². The largest absolute Gasteiger partial charge is 0.382 e. The molecule has 0 unspecified atom stereocenters. The van der Waals surface area contributed by atoms with Crippen molar-refractivity contribution in [1.82, 2.24) is 19.9 Å². The minimum absolute atomic E-state index is 0.00553. The number of halogens is 2. The fourth-order valence-electron chi connectivity index (χ4n) is 1.88. The van der Waals surface area contributed by atoms with Gasteiger partial charge in [-0.25, -0.2) is 9.97 Å². The quantitative estimate of drug-likeness (QED) is 0.625. The molecule has 0 saturated heterocycles. The van der Waals surface area contributed by atoms with Crippen molar-refractivity contribution in [3.63, 3.8) is 0 Å². The van der Waals surface area contributed by atoms with E-state index in [2.05, 4.69) is 19.9 Å². The van der Waals surface area contributed by atoms with Crippen molar-refractivity contribution >= 4 is 51.9 Å². The number of benzene rings is 1. The second kappa shape index (κ2) is 4.87. The molecule has 0 aliphatic carbocycles. The molecule has 0 saturated carbocycles. The summed E-state index contributed by atoms with van der Waals surface area (Å²) in [6, 6.07) is 4.97. The summed E-state index contributed by atoms with van der Waals surface area (Å²) < 4.78 is 0. The monoisotopic (exact) mass is 321 g/mol. The van der Waals surface area contributed by atoms with Gasteiger partial charge in [0, 0.05) is 10.6 Å². The Morgan fingerprint density at radius 1 is 0.857 bits per heavy atom. The number of nitrogens with zero attached hydrogens (tertiary/aromatic N) is 4. The molecule has 0 spiro atoms. The highest BCUT2D eigenvalue weighted by Crippen LogP contribution is 2.33. The van der Waals surface area contributed by atoms with Crippen LogP contribution in [0.1, 0.15) is 0 Å². The lowest BCUT2D eigenvalue weighted by molar-refractivity contribution is 1.17. The minimum Gasteiger partial charge on any atom is -0.382 e. The van der Waals surface area contributed by atoms with E-state index >= 15 is 0 Å². The predicted molar refractivity (Wildman–Crippen MR) is 83.8 cm³/mol. The van der Waals surface area contributed by atoms with Crippen molar-refractivity contribution in [2.24, 2.45) is 0 Å². The van der Waals surface area contributed by atoms with E-state index in [9.17, 15) is 0 Å². The van der Waals surface area contributed by atoms with Crippen LogP contribution < -0.4 is 17.2 Å². The van der Waals surface area contributed by atoms with E-state index in [0.717, 1.165) is 0 Å². The number of hydrogen-bond acceptors (Lipinski definition) is 7. The smallest absolute Gasteiger partial charge is 0.224 e. The zero-order valence-corrected chi connectivity index (χ0v) is 12.0. The average molecular weight is 322 g/mol. The van der Waals surface area contributed by atoms with Crippen molar-refractivity contribution in [2.45, 2.75) is 0 Å². The summed E-state index contributed by atoms with van der Waals surface area (Å²) in [6.45, 7) is 0. The molecule has 0 amide bonds. The number of hydrogen-bond donors (Lipinski definition) is 3. The van der Waals surface area contributed by atoms with E-state index in [1.165, 1.54) is 0 Å². The molecule has 0 atom stereocenters. The maximum Gasteiger partial charge on any atom is 0.224 e. The molecule has 9 heteroatoms. The molecule has 21 heavy (non-hydrogen) atoms. The van der Waals surface area contributed by atoms with Crippen LogP contribution in [-0.2, 0) is 0 Å². The van der Waals surface area contributed by atoms with Gasteiger partial charge in [-0.15, -0.1) is 0 Å². The van der Waals surface area contributed by atoms with Crippen LogP contribution in [0.15, 0.2) is 18.2 Å². The van der Waals surface area contributed by atoms with E-state index in [4.69, 9.17) is 40.4 Å². The van der Waals surface area contributed by atoms with Crippen LogP contribution in [0, 0.1) is 0 Å². The highest BCUT2D eigenvalue weighted by molar-refractivity contribution is 6.36. The molecular formula is C12H9Cl2N7. The first-order chi connectivity index (χ1) is 9.95. The lowest BCUT2D eigenvalue weighted by Crippen LogP contribution is -2.06. The van der Waals surface area contributed by atoms with Gasteiger partial charge in [-0.05, 0) is 18.2 Å². The van der Waals surface area contributed by atoms with Crippen LogP contribution in [0.4, 0.5) is 17.6 Å². The van der Waals surface area contributed by atoms with E-state index in [1.54, 1.807) is 18.2 Å². The van der Waals surface area contributed by atoms with Gasteiger partial charge in [-0.1, -0.05) is 23.2 Å². The molecule has 0 fully saturated rings. The Bertz CT molecular complexity index is 866. The zero-order valence-electron chi connectivity index (χ0n) is 10.5. The number of nitrogen functional groups attached to an aromatic ring is 3. The Morgan fingerprint density at radius 3 is 2.33 bits per heavy atom. The molecule has 3 rings (SSSR count). The molecule has 0 aliphatic rings. The van der Waals surface area contributed by atoms with Crippen molar-refractivity contribution in [2.75, 3.05) is 17.2 Å². The summed E-state index contributed by atoms with van der Waals surface area (Å²) >= 11 is 12.0.